The predicted molar refractivity (Wildman–Crippen MR) is 58.2 cm³/mol. The average molecular weight is 191 g/mol. The third-order valence-corrected chi connectivity index (χ3v) is 2.13. The Bertz CT molecular complexity index is 258. The Hall–Kier alpha value is -1.15. The molecule has 0 bridgehead atoms. The van der Waals surface area contributed by atoms with Gasteiger partial charge in [-0.25, -0.2) is 0 Å². The summed E-state index contributed by atoms with van der Waals surface area (Å²) >= 11 is 0. The molecule has 1 rings (SSSR count). The van der Waals surface area contributed by atoms with Crippen molar-refractivity contribution in [1.82, 2.24) is 5.32 Å². The molecule has 1 aromatic rings. The Labute approximate surface area is 85.3 Å². The molecule has 0 fully saturated rings. The predicted octanol–water partition coefficient (Wildman–Crippen LogP) is 1.65. The summed E-state index contributed by atoms with van der Waals surface area (Å²) in [7, 11) is 0. The summed E-state index contributed by atoms with van der Waals surface area (Å²) in [5.74, 6) is 0.116. The summed E-state index contributed by atoms with van der Waals surface area (Å²) in [6.07, 6.45) is 2.00. The van der Waals surface area contributed by atoms with E-state index in [1.807, 2.05) is 25.1 Å². The standard InChI is InChI=1S/C12H17NO/c1-11(10-14)9-13-8-7-12-5-3-2-4-6-12/h2-6,10-11,13H,7-9H2,1H3. The van der Waals surface area contributed by atoms with Gasteiger partial charge in [0.05, 0.1) is 0 Å². The van der Waals surface area contributed by atoms with E-state index in [1.165, 1.54) is 5.56 Å². The molecule has 76 valence electrons. The number of nitrogens with one attached hydrogen (secondary N) is 1. The molecule has 1 unspecified atom stereocenters. The van der Waals surface area contributed by atoms with E-state index in [0.717, 1.165) is 25.8 Å². The van der Waals surface area contributed by atoms with Crippen LogP contribution in [0.4, 0.5) is 0 Å². The summed E-state index contributed by atoms with van der Waals surface area (Å²) < 4.78 is 0. The third kappa shape index (κ3) is 4.19. The van der Waals surface area contributed by atoms with Crippen LogP contribution in [0, 0.1) is 5.92 Å². The second-order valence-corrected chi connectivity index (χ2v) is 3.55. The number of benzene rings is 1. The maximum Gasteiger partial charge on any atom is 0.124 e. The molecule has 0 amide bonds. The Kier molecular flexibility index (Phi) is 4.94. The number of aldehydes is 1. The molecule has 0 spiro atoms. The number of hydrogen-bond acceptors (Lipinski definition) is 2. The third-order valence-electron chi connectivity index (χ3n) is 2.13. The van der Waals surface area contributed by atoms with Gasteiger partial charge < -0.3 is 10.1 Å². The Morgan fingerprint density at radius 1 is 1.36 bits per heavy atom. The lowest BCUT2D eigenvalue weighted by Gasteiger charge is -2.06. The van der Waals surface area contributed by atoms with Crippen molar-refractivity contribution in [3.8, 4) is 0 Å². The van der Waals surface area contributed by atoms with Crippen LogP contribution >= 0.6 is 0 Å². The summed E-state index contributed by atoms with van der Waals surface area (Å²) in [5.41, 5.74) is 1.33. The second kappa shape index (κ2) is 6.33. The number of rotatable bonds is 6. The van der Waals surface area contributed by atoms with Gasteiger partial charge in [0.1, 0.15) is 6.29 Å². The first-order chi connectivity index (χ1) is 6.83. The van der Waals surface area contributed by atoms with E-state index in [2.05, 4.69) is 17.4 Å². The molecular weight excluding hydrogens is 174 g/mol. The van der Waals surface area contributed by atoms with Crippen molar-refractivity contribution in [2.24, 2.45) is 5.92 Å². The van der Waals surface area contributed by atoms with Gasteiger partial charge in [-0.1, -0.05) is 37.3 Å². The molecular formula is C12H17NO. The van der Waals surface area contributed by atoms with Gasteiger partial charge in [-0.2, -0.15) is 0 Å². The maximum atomic E-state index is 10.3. The van der Waals surface area contributed by atoms with Crippen molar-refractivity contribution < 1.29 is 4.79 Å². The molecule has 0 aliphatic carbocycles. The lowest BCUT2D eigenvalue weighted by atomic mass is 10.1. The van der Waals surface area contributed by atoms with Crippen LogP contribution in [0.5, 0.6) is 0 Å². The number of carbonyl (C=O) groups excluding carboxylic acids is 1. The highest BCUT2D eigenvalue weighted by molar-refractivity contribution is 5.52. The van der Waals surface area contributed by atoms with Crippen LogP contribution in [-0.4, -0.2) is 19.4 Å². The minimum atomic E-state index is 0.116. The van der Waals surface area contributed by atoms with Crippen LogP contribution in [0.1, 0.15) is 12.5 Å². The zero-order valence-corrected chi connectivity index (χ0v) is 8.57. The molecule has 2 nitrogen and oxygen atoms in total. The smallest absolute Gasteiger partial charge is 0.124 e. The molecule has 0 aromatic heterocycles. The fourth-order valence-corrected chi connectivity index (χ4v) is 1.26. The van der Waals surface area contributed by atoms with E-state index >= 15 is 0 Å². The zero-order valence-electron chi connectivity index (χ0n) is 8.57. The average Bonchev–Trinajstić information content (AvgIpc) is 2.25. The van der Waals surface area contributed by atoms with Gasteiger partial charge in [0, 0.05) is 12.5 Å². The van der Waals surface area contributed by atoms with Gasteiger partial charge in [0.15, 0.2) is 0 Å². The van der Waals surface area contributed by atoms with E-state index in [-0.39, 0.29) is 5.92 Å². The van der Waals surface area contributed by atoms with Gasteiger partial charge >= 0.3 is 0 Å². The van der Waals surface area contributed by atoms with Crippen molar-refractivity contribution in [3.05, 3.63) is 35.9 Å². The highest BCUT2D eigenvalue weighted by Gasteiger charge is 1.97. The largest absolute Gasteiger partial charge is 0.316 e. The lowest BCUT2D eigenvalue weighted by Crippen LogP contribution is -2.24. The molecule has 0 saturated carbocycles. The van der Waals surface area contributed by atoms with E-state index < -0.39 is 0 Å². The first-order valence-electron chi connectivity index (χ1n) is 5.03. The fourth-order valence-electron chi connectivity index (χ4n) is 1.26. The van der Waals surface area contributed by atoms with Gasteiger partial charge in [-0.05, 0) is 18.5 Å². The minimum absolute atomic E-state index is 0.116. The van der Waals surface area contributed by atoms with Crippen LogP contribution in [0.3, 0.4) is 0 Å². The summed E-state index contributed by atoms with van der Waals surface area (Å²) in [4.78, 5) is 10.3. The summed E-state index contributed by atoms with van der Waals surface area (Å²) in [5, 5.41) is 3.25. The van der Waals surface area contributed by atoms with Crippen LogP contribution in [0.25, 0.3) is 0 Å². The Morgan fingerprint density at radius 3 is 2.71 bits per heavy atom. The van der Waals surface area contributed by atoms with Crippen molar-refractivity contribution in [2.75, 3.05) is 13.1 Å². The molecule has 14 heavy (non-hydrogen) atoms. The van der Waals surface area contributed by atoms with Crippen molar-refractivity contribution in [2.45, 2.75) is 13.3 Å². The fraction of sp³-hybridized carbons (Fsp3) is 0.417. The maximum absolute atomic E-state index is 10.3. The van der Waals surface area contributed by atoms with Crippen molar-refractivity contribution >= 4 is 6.29 Å². The number of hydrogen-bond donors (Lipinski definition) is 1. The van der Waals surface area contributed by atoms with Crippen LogP contribution < -0.4 is 5.32 Å². The first-order valence-corrected chi connectivity index (χ1v) is 5.03. The van der Waals surface area contributed by atoms with E-state index in [9.17, 15) is 4.79 Å². The Balaban J connectivity index is 2.13. The van der Waals surface area contributed by atoms with Crippen LogP contribution in [0.2, 0.25) is 0 Å². The SMILES string of the molecule is CC(C=O)CNCCc1ccccc1. The van der Waals surface area contributed by atoms with Gasteiger partial charge in [-0.3, -0.25) is 0 Å². The quantitative estimate of drug-likeness (QED) is 0.547. The Morgan fingerprint density at radius 2 is 2.07 bits per heavy atom. The molecule has 0 aliphatic heterocycles. The summed E-state index contributed by atoms with van der Waals surface area (Å²) in [6.45, 7) is 3.63. The van der Waals surface area contributed by atoms with Gasteiger partial charge in [0.25, 0.3) is 0 Å². The van der Waals surface area contributed by atoms with Gasteiger partial charge in [0.2, 0.25) is 0 Å². The molecule has 0 aliphatic rings. The molecule has 1 aromatic carbocycles. The lowest BCUT2D eigenvalue weighted by molar-refractivity contribution is -0.110. The van der Waals surface area contributed by atoms with Gasteiger partial charge in [-0.15, -0.1) is 0 Å². The molecule has 2 heteroatoms. The number of carbonyl (C=O) groups is 1. The highest BCUT2D eigenvalue weighted by Crippen LogP contribution is 1.98. The van der Waals surface area contributed by atoms with E-state index in [4.69, 9.17) is 0 Å². The van der Waals surface area contributed by atoms with Crippen LogP contribution in [0.15, 0.2) is 30.3 Å². The summed E-state index contributed by atoms with van der Waals surface area (Å²) in [6, 6.07) is 10.3. The van der Waals surface area contributed by atoms with E-state index in [1.54, 1.807) is 0 Å². The minimum Gasteiger partial charge on any atom is -0.316 e. The second-order valence-electron chi connectivity index (χ2n) is 3.55. The van der Waals surface area contributed by atoms with E-state index in [0.29, 0.717) is 0 Å². The normalized spacial score (nSPS) is 12.4. The molecule has 0 radical (unpaired) electrons. The molecule has 1 N–H and O–H groups in total. The molecule has 1 atom stereocenters. The van der Waals surface area contributed by atoms with Crippen LogP contribution in [-0.2, 0) is 11.2 Å². The zero-order chi connectivity index (χ0) is 10.2. The highest BCUT2D eigenvalue weighted by atomic mass is 16.1. The first kappa shape index (κ1) is 10.9. The van der Waals surface area contributed by atoms with Crippen molar-refractivity contribution in [1.29, 1.82) is 0 Å². The monoisotopic (exact) mass is 191 g/mol. The molecule has 0 heterocycles. The molecule has 0 saturated heterocycles. The topological polar surface area (TPSA) is 29.1 Å². The van der Waals surface area contributed by atoms with Crippen molar-refractivity contribution in [3.63, 3.8) is 0 Å².